The van der Waals surface area contributed by atoms with Crippen LogP contribution in [0.1, 0.15) is 4.88 Å². The van der Waals surface area contributed by atoms with E-state index in [0.717, 1.165) is 26.8 Å². The third-order valence-electron chi connectivity index (χ3n) is 3.46. The Morgan fingerprint density at radius 3 is 2.33 bits per heavy atom. The highest BCUT2D eigenvalue weighted by molar-refractivity contribution is 7.15. The average molecular weight is 360 g/mol. The second-order valence-corrected chi connectivity index (χ2v) is 6.62. The van der Waals surface area contributed by atoms with Gasteiger partial charge in [0.1, 0.15) is 10.8 Å². The number of hydrogen-bond donors (Lipinski definition) is 1. The fraction of sp³-hybridized carbons (Fsp3) is 0.111. The van der Waals surface area contributed by atoms with Gasteiger partial charge in [-0.05, 0) is 36.4 Å². The second-order valence-electron chi connectivity index (χ2n) is 5.10. The molecule has 3 rings (SSSR count). The summed E-state index contributed by atoms with van der Waals surface area (Å²) in [6.07, 6.45) is -0.0637. The highest BCUT2D eigenvalue weighted by Gasteiger charge is 2.16. The van der Waals surface area contributed by atoms with E-state index in [2.05, 4.69) is 4.98 Å². The number of nitrogens with zero attached hydrogens (tertiary/aromatic N) is 1. The number of aromatic nitrogens is 1. The Morgan fingerprint density at radius 2 is 1.75 bits per heavy atom. The molecule has 2 aromatic carbocycles. The van der Waals surface area contributed by atoms with Gasteiger partial charge in [0.2, 0.25) is 0 Å². The molecule has 1 N–H and O–H groups in total. The first-order chi connectivity index (χ1) is 11.6. The van der Waals surface area contributed by atoms with Gasteiger partial charge in [0, 0.05) is 21.0 Å². The largest absolute Gasteiger partial charge is 0.497 e. The van der Waals surface area contributed by atoms with Crippen molar-refractivity contribution < 1.29 is 14.6 Å². The van der Waals surface area contributed by atoms with Crippen LogP contribution in [0.15, 0.2) is 48.5 Å². The zero-order valence-electron chi connectivity index (χ0n) is 12.8. The molecule has 122 valence electrons. The van der Waals surface area contributed by atoms with E-state index in [9.17, 15) is 9.90 Å². The van der Waals surface area contributed by atoms with Gasteiger partial charge >= 0.3 is 5.97 Å². The topological polar surface area (TPSA) is 59.4 Å². The lowest BCUT2D eigenvalue weighted by Crippen LogP contribution is -1.99. The Labute approximate surface area is 148 Å². The van der Waals surface area contributed by atoms with Gasteiger partial charge in [0.25, 0.3) is 0 Å². The predicted molar refractivity (Wildman–Crippen MR) is 95.9 cm³/mol. The molecule has 0 saturated heterocycles. The molecule has 0 aliphatic rings. The first-order valence-electron chi connectivity index (χ1n) is 7.18. The molecule has 0 aliphatic heterocycles. The zero-order valence-corrected chi connectivity index (χ0v) is 14.4. The summed E-state index contributed by atoms with van der Waals surface area (Å²) < 4.78 is 5.16. The lowest BCUT2D eigenvalue weighted by Gasteiger charge is -2.01. The monoisotopic (exact) mass is 359 g/mol. The standard InChI is InChI=1S/C18H14ClNO3S/c1-23-14-8-4-12(5-9-14)18-20-17(15(24-18)10-16(21)22)11-2-6-13(19)7-3-11/h2-9H,10H2,1H3,(H,21,22). The van der Waals surface area contributed by atoms with E-state index in [1.807, 2.05) is 36.4 Å². The average Bonchev–Trinajstić information content (AvgIpc) is 2.98. The first kappa shape index (κ1) is 16.5. The van der Waals surface area contributed by atoms with E-state index in [4.69, 9.17) is 16.3 Å². The van der Waals surface area contributed by atoms with Crippen LogP contribution in [-0.4, -0.2) is 23.2 Å². The Kier molecular flexibility index (Phi) is 4.83. The van der Waals surface area contributed by atoms with Crippen molar-refractivity contribution >= 4 is 28.9 Å². The van der Waals surface area contributed by atoms with Crippen LogP contribution < -0.4 is 4.74 Å². The van der Waals surface area contributed by atoms with Crippen molar-refractivity contribution in [1.82, 2.24) is 4.98 Å². The van der Waals surface area contributed by atoms with Crippen LogP contribution in [0.2, 0.25) is 5.02 Å². The van der Waals surface area contributed by atoms with Crippen LogP contribution in [0.25, 0.3) is 21.8 Å². The molecule has 6 heteroatoms. The molecule has 0 atom stereocenters. The van der Waals surface area contributed by atoms with Crippen LogP contribution in [0.3, 0.4) is 0 Å². The number of carboxylic acids is 1. The number of halogens is 1. The molecular weight excluding hydrogens is 346 g/mol. The molecule has 24 heavy (non-hydrogen) atoms. The summed E-state index contributed by atoms with van der Waals surface area (Å²) in [5.74, 6) is -0.117. The van der Waals surface area contributed by atoms with E-state index >= 15 is 0 Å². The lowest BCUT2D eigenvalue weighted by atomic mass is 10.1. The molecule has 0 amide bonds. The van der Waals surface area contributed by atoms with Gasteiger partial charge in [-0.2, -0.15) is 0 Å². The number of carboxylic acid groups (broad SMARTS) is 1. The number of hydrogen-bond acceptors (Lipinski definition) is 4. The molecule has 1 aromatic heterocycles. The van der Waals surface area contributed by atoms with Crippen molar-refractivity contribution in [1.29, 1.82) is 0 Å². The second kappa shape index (κ2) is 7.03. The molecule has 3 aromatic rings. The summed E-state index contributed by atoms with van der Waals surface area (Å²) in [5.41, 5.74) is 2.46. The third-order valence-corrected chi connectivity index (χ3v) is 4.82. The minimum absolute atomic E-state index is 0.0637. The van der Waals surface area contributed by atoms with Crippen LogP contribution in [0, 0.1) is 0 Å². The quantitative estimate of drug-likeness (QED) is 0.713. The minimum atomic E-state index is -0.879. The van der Waals surface area contributed by atoms with Gasteiger partial charge in [0.15, 0.2) is 0 Å². The number of carbonyl (C=O) groups is 1. The van der Waals surface area contributed by atoms with Crippen molar-refractivity contribution in [2.24, 2.45) is 0 Å². The Bertz CT molecular complexity index is 857. The lowest BCUT2D eigenvalue weighted by molar-refractivity contribution is -0.136. The normalized spacial score (nSPS) is 10.6. The van der Waals surface area contributed by atoms with Gasteiger partial charge in [0.05, 0.1) is 19.2 Å². The smallest absolute Gasteiger partial charge is 0.308 e. The molecule has 0 aliphatic carbocycles. The summed E-state index contributed by atoms with van der Waals surface area (Å²) in [7, 11) is 1.61. The van der Waals surface area contributed by atoms with Crippen molar-refractivity contribution in [3.63, 3.8) is 0 Å². The Hall–Kier alpha value is -2.37. The summed E-state index contributed by atoms with van der Waals surface area (Å²) in [6.45, 7) is 0. The number of benzene rings is 2. The van der Waals surface area contributed by atoms with E-state index in [0.29, 0.717) is 10.7 Å². The number of ether oxygens (including phenoxy) is 1. The minimum Gasteiger partial charge on any atom is -0.497 e. The maximum atomic E-state index is 11.2. The van der Waals surface area contributed by atoms with Crippen molar-refractivity contribution in [3.8, 4) is 27.6 Å². The Balaban J connectivity index is 2.04. The SMILES string of the molecule is COc1ccc(-c2nc(-c3ccc(Cl)cc3)c(CC(=O)O)s2)cc1. The summed E-state index contributed by atoms with van der Waals surface area (Å²) in [4.78, 5) is 16.6. The first-order valence-corrected chi connectivity index (χ1v) is 8.38. The highest BCUT2D eigenvalue weighted by atomic mass is 35.5. The number of rotatable bonds is 5. The van der Waals surface area contributed by atoms with Crippen molar-refractivity contribution in [2.75, 3.05) is 7.11 Å². The summed E-state index contributed by atoms with van der Waals surface area (Å²) >= 11 is 7.32. The van der Waals surface area contributed by atoms with E-state index in [-0.39, 0.29) is 6.42 Å². The van der Waals surface area contributed by atoms with E-state index in [1.54, 1.807) is 19.2 Å². The van der Waals surface area contributed by atoms with Crippen molar-refractivity contribution in [2.45, 2.75) is 6.42 Å². The van der Waals surface area contributed by atoms with E-state index < -0.39 is 5.97 Å². The zero-order chi connectivity index (χ0) is 17.1. The van der Waals surface area contributed by atoms with Gasteiger partial charge in [-0.1, -0.05) is 23.7 Å². The third kappa shape index (κ3) is 3.58. The number of thiazole rings is 1. The van der Waals surface area contributed by atoms with Crippen LogP contribution in [0.4, 0.5) is 0 Å². The maximum Gasteiger partial charge on any atom is 0.308 e. The number of aliphatic carboxylic acids is 1. The molecule has 0 radical (unpaired) electrons. The van der Waals surface area contributed by atoms with Crippen LogP contribution >= 0.6 is 22.9 Å². The molecule has 1 heterocycles. The van der Waals surface area contributed by atoms with Crippen molar-refractivity contribution in [3.05, 3.63) is 58.4 Å². The molecule has 0 fully saturated rings. The van der Waals surface area contributed by atoms with Gasteiger partial charge in [-0.15, -0.1) is 11.3 Å². The highest BCUT2D eigenvalue weighted by Crippen LogP contribution is 2.35. The maximum absolute atomic E-state index is 11.2. The fourth-order valence-electron chi connectivity index (χ4n) is 2.30. The fourth-order valence-corrected chi connectivity index (χ4v) is 3.51. The molecule has 0 saturated carbocycles. The molecular formula is C18H14ClNO3S. The Morgan fingerprint density at radius 1 is 1.12 bits per heavy atom. The van der Waals surface area contributed by atoms with Gasteiger partial charge < -0.3 is 9.84 Å². The molecule has 0 bridgehead atoms. The molecule has 4 nitrogen and oxygen atoms in total. The molecule has 0 unspecified atom stereocenters. The molecule has 0 spiro atoms. The van der Waals surface area contributed by atoms with E-state index in [1.165, 1.54) is 11.3 Å². The summed E-state index contributed by atoms with van der Waals surface area (Å²) in [5, 5.41) is 10.6. The van der Waals surface area contributed by atoms with Crippen LogP contribution in [-0.2, 0) is 11.2 Å². The van der Waals surface area contributed by atoms with Gasteiger partial charge in [-0.3, -0.25) is 4.79 Å². The summed E-state index contributed by atoms with van der Waals surface area (Å²) in [6, 6.07) is 14.8. The van der Waals surface area contributed by atoms with Gasteiger partial charge in [-0.25, -0.2) is 4.98 Å². The number of methoxy groups -OCH3 is 1. The predicted octanol–water partition coefficient (Wildman–Crippen LogP) is 4.77. The van der Waals surface area contributed by atoms with Crippen LogP contribution in [0.5, 0.6) is 5.75 Å².